The molecule has 0 heterocycles. The predicted molar refractivity (Wildman–Crippen MR) is 166 cm³/mol. The molecule has 3 aromatic rings. The van der Waals surface area contributed by atoms with Crippen LogP contribution in [0.5, 0.6) is 17.2 Å². The van der Waals surface area contributed by atoms with Crippen molar-refractivity contribution in [2.24, 2.45) is 0 Å². The van der Waals surface area contributed by atoms with Crippen molar-refractivity contribution in [2.45, 2.75) is 57.6 Å². The summed E-state index contributed by atoms with van der Waals surface area (Å²) in [6, 6.07) is 17.2. The van der Waals surface area contributed by atoms with Gasteiger partial charge in [-0.2, -0.15) is 0 Å². The maximum absolute atomic E-state index is 14.1. The Morgan fingerprint density at radius 2 is 1.56 bits per heavy atom. The zero-order chi connectivity index (χ0) is 31.7. The van der Waals surface area contributed by atoms with Crippen molar-refractivity contribution in [1.82, 2.24) is 10.2 Å². The van der Waals surface area contributed by atoms with Crippen molar-refractivity contribution in [3.8, 4) is 17.2 Å². The molecule has 11 heteroatoms. The summed E-state index contributed by atoms with van der Waals surface area (Å²) in [5, 5.41) is 2.93. The van der Waals surface area contributed by atoms with Gasteiger partial charge in [-0.3, -0.25) is 13.9 Å². The minimum Gasteiger partial charge on any atom is -0.497 e. The van der Waals surface area contributed by atoms with E-state index >= 15 is 0 Å². The van der Waals surface area contributed by atoms with Gasteiger partial charge < -0.3 is 24.4 Å². The van der Waals surface area contributed by atoms with E-state index < -0.39 is 28.5 Å². The summed E-state index contributed by atoms with van der Waals surface area (Å²) in [5.74, 6) is 0.381. The van der Waals surface area contributed by atoms with Crippen molar-refractivity contribution < 1.29 is 32.2 Å². The van der Waals surface area contributed by atoms with E-state index in [0.29, 0.717) is 23.7 Å². The van der Waals surface area contributed by atoms with Crippen LogP contribution in [0.3, 0.4) is 0 Å². The van der Waals surface area contributed by atoms with Gasteiger partial charge in [-0.15, -0.1) is 0 Å². The third kappa shape index (κ3) is 8.19. The molecule has 0 radical (unpaired) electrons. The van der Waals surface area contributed by atoms with Crippen molar-refractivity contribution in [3.05, 3.63) is 77.9 Å². The highest BCUT2D eigenvalue weighted by Crippen LogP contribution is 2.34. The van der Waals surface area contributed by atoms with Gasteiger partial charge >= 0.3 is 0 Å². The monoisotopic (exact) mass is 611 g/mol. The molecular weight excluding hydrogens is 570 g/mol. The van der Waals surface area contributed by atoms with Crippen LogP contribution in [0, 0.1) is 6.92 Å². The first-order chi connectivity index (χ1) is 20.4. The summed E-state index contributed by atoms with van der Waals surface area (Å²) in [7, 11) is 0.235. The zero-order valence-corrected chi connectivity index (χ0v) is 26.6. The molecule has 3 rings (SSSR count). The van der Waals surface area contributed by atoms with Crippen LogP contribution in [-0.4, -0.2) is 65.1 Å². The van der Waals surface area contributed by atoms with Gasteiger partial charge in [0, 0.05) is 18.7 Å². The standard InChI is InChI=1S/C32H41N3O7S/c1-8-23(3)33-32(37)24(4)34(20-25-10-9-11-27(18-25)40-5)31(36)21-35(26-14-17-29(41-6)30(19-26)42-7)43(38,39)28-15-12-22(2)13-16-28/h9-19,23-24H,8,20-21H2,1-7H3,(H,33,37)/t23-,24-/m0/s1. The Hall–Kier alpha value is -4.25. The van der Waals surface area contributed by atoms with Gasteiger partial charge in [0.1, 0.15) is 18.3 Å². The number of nitrogens with zero attached hydrogens (tertiary/aromatic N) is 2. The summed E-state index contributed by atoms with van der Waals surface area (Å²) in [6.07, 6.45) is 0.712. The van der Waals surface area contributed by atoms with Gasteiger partial charge in [-0.25, -0.2) is 8.42 Å². The molecule has 0 unspecified atom stereocenters. The normalized spacial score (nSPS) is 12.5. The SMILES string of the molecule is CC[C@H](C)NC(=O)[C@H](C)N(Cc1cccc(OC)c1)C(=O)CN(c1ccc(OC)c(OC)c1)S(=O)(=O)c1ccc(C)cc1. The van der Waals surface area contributed by atoms with Crippen LogP contribution in [0.4, 0.5) is 5.69 Å². The molecule has 0 aromatic heterocycles. The Bertz CT molecular complexity index is 1510. The molecule has 2 atom stereocenters. The maximum atomic E-state index is 14.1. The van der Waals surface area contributed by atoms with E-state index in [1.54, 1.807) is 56.5 Å². The summed E-state index contributed by atoms with van der Waals surface area (Å²) in [6.45, 7) is 6.79. The van der Waals surface area contributed by atoms with Crippen LogP contribution in [-0.2, 0) is 26.2 Å². The Morgan fingerprint density at radius 1 is 0.884 bits per heavy atom. The van der Waals surface area contributed by atoms with Crippen LogP contribution in [0.25, 0.3) is 0 Å². The number of sulfonamides is 1. The smallest absolute Gasteiger partial charge is 0.264 e. The van der Waals surface area contributed by atoms with E-state index in [1.165, 1.54) is 37.3 Å². The number of carbonyl (C=O) groups excluding carboxylic acids is 2. The fourth-order valence-corrected chi connectivity index (χ4v) is 5.77. The van der Waals surface area contributed by atoms with E-state index in [2.05, 4.69) is 5.32 Å². The largest absolute Gasteiger partial charge is 0.497 e. The Morgan fingerprint density at radius 3 is 2.16 bits per heavy atom. The van der Waals surface area contributed by atoms with Crippen LogP contribution in [0.2, 0.25) is 0 Å². The van der Waals surface area contributed by atoms with E-state index in [0.717, 1.165) is 15.4 Å². The molecule has 0 spiro atoms. The third-order valence-corrected chi connectivity index (χ3v) is 8.99. The quantitative estimate of drug-likeness (QED) is 0.285. The number of carbonyl (C=O) groups is 2. The summed E-state index contributed by atoms with van der Waals surface area (Å²) >= 11 is 0. The van der Waals surface area contributed by atoms with Gasteiger partial charge in [-0.1, -0.05) is 36.8 Å². The Balaban J connectivity index is 2.09. The number of anilines is 1. The summed E-state index contributed by atoms with van der Waals surface area (Å²) < 4.78 is 45.3. The fraction of sp³-hybridized carbons (Fsp3) is 0.375. The lowest BCUT2D eigenvalue weighted by Crippen LogP contribution is -2.52. The number of amides is 2. The van der Waals surface area contributed by atoms with E-state index in [4.69, 9.17) is 14.2 Å². The second-order valence-electron chi connectivity index (χ2n) is 10.2. The molecule has 0 aliphatic heterocycles. The molecule has 232 valence electrons. The number of nitrogens with one attached hydrogen (secondary N) is 1. The van der Waals surface area contributed by atoms with Crippen molar-refractivity contribution >= 4 is 27.5 Å². The minimum absolute atomic E-state index is 0.0163. The highest BCUT2D eigenvalue weighted by molar-refractivity contribution is 7.92. The lowest BCUT2D eigenvalue weighted by molar-refractivity contribution is -0.139. The number of benzene rings is 3. The molecule has 0 saturated heterocycles. The first-order valence-corrected chi connectivity index (χ1v) is 15.4. The molecule has 0 saturated carbocycles. The van der Waals surface area contributed by atoms with Crippen LogP contribution in [0.1, 0.15) is 38.3 Å². The molecule has 1 N–H and O–H groups in total. The number of aryl methyl sites for hydroxylation is 1. The van der Waals surface area contributed by atoms with Gasteiger partial charge in [-0.05, 0) is 69.2 Å². The van der Waals surface area contributed by atoms with Crippen molar-refractivity contribution in [3.63, 3.8) is 0 Å². The van der Waals surface area contributed by atoms with Gasteiger partial charge in [0.2, 0.25) is 11.8 Å². The maximum Gasteiger partial charge on any atom is 0.264 e. The predicted octanol–water partition coefficient (Wildman–Crippen LogP) is 4.55. The number of hydrogen-bond donors (Lipinski definition) is 1. The van der Waals surface area contributed by atoms with Crippen molar-refractivity contribution in [2.75, 3.05) is 32.2 Å². The number of methoxy groups -OCH3 is 3. The van der Waals surface area contributed by atoms with Crippen LogP contribution >= 0.6 is 0 Å². The zero-order valence-electron chi connectivity index (χ0n) is 25.8. The molecule has 0 aliphatic carbocycles. The molecule has 2 amide bonds. The Labute approximate surface area is 254 Å². The molecule has 3 aromatic carbocycles. The molecule has 43 heavy (non-hydrogen) atoms. The fourth-order valence-electron chi connectivity index (χ4n) is 4.36. The molecular formula is C32H41N3O7S. The lowest BCUT2D eigenvalue weighted by atomic mass is 10.1. The third-order valence-electron chi connectivity index (χ3n) is 7.20. The summed E-state index contributed by atoms with van der Waals surface area (Å²) in [5.41, 5.74) is 1.80. The highest BCUT2D eigenvalue weighted by atomic mass is 32.2. The first-order valence-electron chi connectivity index (χ1n) is 14.0. The van der Waals surface area contributed by atoms with Crippen LogP contribution in [0.15, 0.2) is 71.6 Å². The lowest BCUT2D eigenvalue weighted by Gasteiger charge is -2.32. The molecule has 0 fully saturated rings. The van der Waals surface area contributed by atoms with Crippen LogP contribution < -0.4 is 23.8 Å². The topological polar surface area (TPSA) is 114 Å². The highest BCUT2D eigenvalue weighted by Gasteiger charge is 2.33. The van der Waals surface area contributed by atoms with Gasteiger partial charge in [0.15, 0.2) is 11.5 Å². The van der Waals surface area contributed by atoms with E-state index in [-0.39, 0.29) is 29.1 Å². The van der Waals surface area contributed by atoms with Gasteiger partial charge in [0.05, 0.1) is 31.9 Å². The van der Waals surface area contributed by atoms with Crippen molar-refractivity contribution in [1.29, 1.82) is 0 Å². The minimum atomic E-state index is -4.23. The Kier molecular flexibility index (Phi) is 11.4. The second-order valence-corrected chi connectivity index (χ2v) is 12.1. The number of rotatable bonds is 14. The second kappa shape index (κ2) is 14.8. The van der Waals surface area contributed by atoms with E-state index in [1.807, 2.05) is 26.8 Å². The number of ether oxygens (including phenoxy) is 3. The average molecular weight is 612 g/mol. The van der Waals surface area contributed by atoms with E-state index in [9.17, 15) is 18.0 Å². The molecule has 10 nitrogen and oxygen atoms in total. The molecule has 0 bridgehead atoms. The number of hydrogen-bond acceptors (Lipinski definition) is 7. The van der Waals surface area contributed by atoms with Gasteiger partial charge in [0.25, 0.3) is 10.0 Å². The molecule has 0 aliphatic rings. The first kappa shape index (κ1) is 33.3. The average Bonchev–Trinajstić information content (AvgIpc) is 3.01. The summed E-state index contributed by atoms with van der Waals surface area (Å²) in [4.78, 5) is 28.8.